The number of hydrogen-bond acceptors (Lipinski definition) is 8. The van der Waals surface area contributed by atoms with Crippen molar-refractivity contribution in [1.29, 1.82) is 5.26 Å². The molecule has 0 spiro atoms. The average molecular weight is 478 g/mol. The van der Waals surface area contributed by atoms with Crippen LogP contribution >= 0.6 is 34.9 Å². The van der Waals surface area contributed by atoms with Crippen molar-refractivity contribution in [2.24, 2.45) is 0 Å². The van der Waals surface area contributed by atoms with Crippen LogP contribution in [0.5, 0.6) is 5.75 Å². The Morgan fingerprint density at radius 1 is 1.06 bits per heavy atom. The smallest absolute Gasteiger partial charge is 0.141 e. The fourth-order valence-corrected chi connectivity index (χ4v) is 5.62. The molecule has 0 fully saturated rings. The number of rotatable bonds is 9. The van der Waals surface area contributed by atoms with Gasteiger partial charge in [0.1, 0.15) is 34.2 Å². The quantitative estimate of drug-likeness (QED) is 0.235. The molecule has 0 aliphatic carbocycles. The highest BCUT2D eigenvalue weighted by atomic mass is 32.2. The Bertz CT molecular complexity index is 1190. The number of benzene rings is 2. The monoisotopic (exact) mass is 477 g/mol. The first-order chi connectivity index (χ1) is 15.8. The molecule has 32 heavy (non-hydrogen) atoms. The molecule has 4 aromatic rings. The van der Waals surface area contributed by atoms with E-state index >= 15 is 0 Å². The summed E-state index contributed by atoms with van der Waals surface area (Å²) in [4.78, 5) is 10.4. The molecule has 0 saturated heterocycles. The summed E-state index contributed by atoms with van der Waals surface area (Å²) in [6, 6.07) is 22.0. The van der Waals surface area contributed by atoms with Crippen molar-refractivity contribution in [3.63, 3.8) is 0 Å². The zero-order chi connectivity index (χ0) is 22.2. The molecule has 5 nitrogen and oxygen atoms in total. The largest absolute Gasteiger partial charge is 0.491 e. The molecule has 2 heterocycles. The Hall–Kier alpha value is -2.83. The Labute approximate surface area is 199 Å². The minimum absolute atomic E-state index is 0.0383. The van der Waals surface area contributed by atoms with Crippen molar-refractivity contribution in [1.82, 2.24) is 9.97 Å². The number of nitriles is 1. The van der Waals surface area contributed by atoms with Crippen LogP contribution in [0.1, 0.15) is 5.56 Å². The van der Waals surface area contributed by atoms with Crippen LogP contribution in [0.2, 0.25) is 0 Å². The van der Waals surface area contributed by atoms with Gasteiger partial charge in [-0.3, -0.25) is 0 Å². The maximum Gasteiger partial charge on any atom is 0.141 e. The molecular formula is C24H19N3O2S3. The summed E-state index contributed by atoms with van der Waals surface area (Å²) in [5.74, 6) is 0.671. The van der Waals surface area contributed by atoms with Crippen molar-refractivity contribution >= 4 is 34.9 Å². The van der Waals surface area contributed by atoms with Gasteiger partial charge in [-0.25, -0.2) is 9.97 Å². The summed E-state index contributed by atoms with van der Waals surface area (Å²) in [6.45, 7) is 0.204. The fourth-order valence-electron chi connectivity index (χ4n) is 2.99. The number of aromatic nitrogens is 2. The van der Waals surface area contributed by atoms with Crippen molar-refractivity contribution in [3.05, 3.63) is 77.8 Å². The Balaban J connectivity index is 1.67. The molecule has 0 unspecified atom stereocenters. The van der Waals surface area contributed by atoms with Crippen molar-refractivity contribution in [2.75, 3.05) is 18.3 Å². The van der Waals surface area contributed by atoms with Crippen LogP contribution in [-0.2, 0) is 0 Å². The van der Waals surface area contributed by atoms with E-state index in [4.69, 9.17) is 14.8 Å². The zero-order valence-electron chi connectivity index (χ0n) is 17.0. The van der Waals surface area contributed by atoms with Crippen LogP contribution in [-0.4, -0.2) is 33.4 Å². The SMILES string of the molecule is N#Cc1c(-c2ccc(OCCO)cc2)cc(-c2nccs2)nc1SCSc1ccccc1. The topological polar surface area (TPSA) is 79.0 Å². The van der Waals surface area contributed by atoms with Gasteiger partial charge in [0.2, 0.25) is 0 Å². The lowest BCUT2D eigenvalue weighted by Gasteiger charge is -2.12. The normalized spacial score (nSPS) is 10.6. The highest BCUT2D eigenvalue weighted by Gasteiger charge is 2.17. The number of hydrogen-bond donors (Lipinski definition) is 1. The lowest BCUT2D eigenvalue weighted by Crippen LogP contribution is -2.01. The molecule has 160 valence electrons. The highest BCUT2D eigenvalue weighted by Crippen LogP contribution is 2.37. The second kappa shape index (κ2) is 11.2. The van der Waals surface area contributed by atoms with Crippen LogP contribution in [0.15, 0.2) is 82.2 Å². The van der Waals surface area contributed by atoms with Crippen LogP contribution in [0.4, 0.5) is 0 Å². The molecule has 0 radical (unpaired) electrons. The van der Waals surface area contributed by atoms with Gasteiger partial charge < -0.3 is 9.84 Å². The number of nitrogens with zero attached hydrogens (tertiary/aromatic N) is 3. The summed E-state index contributed by atoms with van der Waals surface area (Å²) >= 11 is 4.79. The molecule has 0 atom stereocenters. The molecule has 8 heteroatoms. The lowest BCUT2D eigenvalue weighted by atomic mass is 10.0. The molecule has 2 aromatic heterocycles. The third-order valence-corrected chi connectivity index (χ3v) is 7.35. The van der Waals surface area contributed by atoms with Gasteiger partial charge in [0, 0.05) is 22.0 Å². The summed E-state index contributed by atoms with van der Waals surface area (Å²) in [5.41, 5.74) is 3.01. The number of aliphatic hydroxyl groups is 1. The van der Waals surface area contributed by atoms with Crippen molar-refractivity contribution in [3.8, 4) is 33.6 Å². The van der Waals surface area contributed by atoms with Gasteiger partial charge in [0.25, 0.3) is 0 Å². The number of ether oxygens (including phenoxy) is 1. The zero-order valence-corrected chi connectivity index (χ0v) is 19.4. The van der Waals surface area contributed by atoms with Gasteiger partial charge in [-0.15, -0.1) is 23.1 Å². The second-order valence-corrected chi connectivity index (χ2v) is 9.77. The van der Waals surface area contributed by atoms with E-state index in [-0.39, 0.29) is 13.2 Å². The molecule has 0 aliphatic rings. The first-order valence-electron chi connectivity index (χ1n) is 9.78. The van der Waals surface area contributed by atoms with E-state index in [1.54, 1.807) is 29.7 Å². The average Bonchev–Trinajstić information content (AvgIpc) is 3.38. The maximum absolute atomic E-state index is 9.99. The minimum atomic E-state index is -0.0383. The van der Waals surface area contributed by atoms with Crippen LogP contribution in [0.25, 0.3) is 21.8 Å². The molecule has 0 aliphatic heterocycles. The second-order valence-electron chi connectivity index (χ2n) is 6.50. The number of thiazole rings is 1. The third-order valence-electron chi connectivity index (χ3n) is 4.44. The van der Waals surface area contributed by atoms with Crippen LogP contribution in [0.3, 0.4) is 0 Å². The minimum Gasteiger partial charge on any atom is -0.491 e. The van der Waals surface area contributed by atoms with E-state index in [1.807, 2.05) is 53.9 Å². The number of pyridine rings is 1. The van der Waals surface area contributed by atoms with Crippen molar-refractivity contribution < 1.29 is 9.84 Å². The van der Waals surface area contributed by atoms with Gasteiger partial charge in [0.15, 0.2) is 0 Å². The Kier molecular flexibility index (Phi) is 7.80. The van der Waals surface area contributed by atoms with E-state index in [1.165, 1.54) is 16.2 Å². The van der Waals surface area contributed by atoms with E-state index < -0.39 is 0 Å². The van der Waals surface area contributed by atoms with Crippen molar-refractivity contribution in [2.45, 2.75) is 9.92 Å². The van der Waals surface area contributed by atoms with E-state index in [0.717, 1.165) is 26.9 Å². The van der Waals surface area contributed by atoms with Crippen LogP contribution in [0, 0.1) is 11.3 Å². The maximum atomic E-state index is 9.99. The molecular weight excluding hydrogens is 458 g/mol. The molecule has 1 N–H and O–H groups in total. The van der Waals surface area contributed by atoms with Gasteiger partial charge >= 0.3 is 0 Å². The first-order valence-corrected chi connectivity index (χ1v) is 12.6. The Morgan fingerprint density at radius 2 is 1.88 bits per heavy atom. The fraction of sp³-hybridized carbons (Fsp3) is 0.125. The van der Waals surface area contributed by atoms with Gasteiger partial charge in [-0.05, 0) is 35.9 Å². The lowest BCUT2D eigenvalue weighted by molar-refractivity contribution is 0.201. The van der Waals surface area contributed by atoms with E-state index in [0.29, 0.717) is 16.3 Å². The molecule has 0 saturated carbocycles. The number of aliphatic hydroxyl groups excluding tert-OH is 1. The molecule has 4 rings (SSSR count). The molecule has 2 aromatic carbocycles. The molecule has 0 amide bonds. The van der Waals surface area contributed by atoms with E-state index in [2.05, 4.69) is 23.2 Å². The summed E-state index contributed by atoms with van der Waals surface area (Å²) in [7, 11) is 0. The van der Waals surface area contributed by atoms with Gasteiger partial charge in [-0.2, -0.15) is 5.26 Å². The predicted molar refractivity (Wildman–Crippen MR) is 131 cm³/mol. The standard InChI is InChI=1S/C24H19N3O2S3/c25-15-21-20(17-6-8-18(9-7-17)29-12-11-28)14-22(24-26-10-13-30-24)27-23(21)32-16-31-19-4-2-1-3-5-19/h1-10,13-14,28H,11-12,16H2. The van der Waals surface area contributed by atoms with Crippen LogP contribution < -0.4 is 4.74 Å². The van der Waals surface area contributed by atoms with Gasteiger partial charge in [-0.1, -0.05) is 42.1 Å². The predicted octanol–water partition coefficient (Wildman–Crippen LogP) is 5.96. The Morgan fingerprint density at radius 3 is 2.56 bits per heavy atom. The molecule has 0 bridgehead atoms. The summed E-state index contributed by atoms with van der Waals surface area (Å²) < 4.78 is 5.46. The van der Waals surface area contributed by atoms with Gasteiger partial charge in [0.05, 0.1) is 17.3 Å². The summed E-state index contributed by atoms with van der Waals surface area (Å²) in [6.07, 6.45) is 1.75. The third kappa shape index (κ3) is 5.50. The number of thioether (sulfide) groups is 2. The highest BCUT2D eigenvalue weighted by molar-refractivity contribution is 8.16. The first kappa shape index (κ1) is 22.4. The summed E-state index contributed by atoms with van der Waals surface area (Å²) in [5, 5.41) is 23.1. The van der Waals surface area contributed by atoms with E-state index in [9.17, 15) is 5.26 Å².